The van der Waals surface area contributed by atoms with Gasteiger partial charge in [-0.15, -0.1) is 0 Å². The third-order valence-electron chi connectivity index (χ3n) is 3.59. The van der Waals surface area contributed by atoms with Crippen molar-refractivity contribution in [3.8, 4) is 0 Å². The minimum atomic E-state index is -0.402. The first kappa shape index (κ1) is 14.9. The van der Waals surface area contributed by atoms with Crippen molar-refractivity contribution in [3.05, 3.63) is 35.4 Å². The van der Waals surface area contributed by atoms with Gasteiger partial charge >= 0.3 is 5.97 Å². The summed E-state index contributed by atoms with van der Waals surface area (Å²) < 4.78 is 4.73. The second-order valence-corrected chi connectivity index (χ2v) is 6.30. The maximum absolute atomic E-state index is 11.3. The van der Waals surface area contributed by atoms with Crippen molar-refractivity contribution >= 4 is 23.6 Å². The minimum Gasteiger partial charge on any atom is -0.469 e. The van der Waals surface area contributed by atoms with E-state index in [-0.39, 0.29) is 11.4 Å². The molecule has 0 atom stereocenters. The van der Waals surface area contributed by atoms with E-state index in [1.807, 2.05) is 18.2 Å². The van der Waals surface area contributed by atoms with E-state index in [2.05, 4.69) is 0 Å². The number of hydrogen-bond acceptors (Lipinski definition) is 4. The molecular formula is C15H19NO3S. The summed E-state index contributed by atoms with van der Waals surface area (Å²) in [6, 6.07) is 7.38. The highest BCUT2D eigenvalue weighted by molar-refractivity contribution is 7.98. The van der Waals surface area contributed by atoms with E-state index >= 15 is 0 Å². The van der Waals surface area contributed by atoms with Crippen molar-refractivity contribution < 1.29 is 14.3 Å². The van der Waals surface area contributed by atoms with Crippen molar-refractivity contribution in [3.63, 3.8) is 0 Å². The van der Waals surface area contributed by atoms with Crippen molar-refractivity contribution in [2.45, 2.75) is 25.0 Å². The van der Waals surface area contributed by atoms with Gasteiger partial charge in [-0.25, -0.2) is 0 Å². The molecule has 1 aromatic rings. The highest BCUT2D eigenvalue weighted by Crippen LogP contribution is 2.51. The SMILES string of the molecule is COC(=O)CC1(CSCc2cccc(C(N)=O)c2)CC1. The summed E-state index contributed by atoms with van der Waals surface area (Å²) in [5.74, 6) is 1.24. The molecular weight excluding hydrogens is 274 g/mol. The van der Waals surface area contributed by atoms with Crippen molar-refractivity contribution in [1.29, 1.82) is 0 Å². The number of primary amides is 1. The molecule has 1 aromatic carbocycles. The molecule has 0 bridgehead atoms. The van der Waals surface area contributed by atoms with Crippen LogP contribution in [0.25, 0.3) is 0 Å². The number of rotatable bonds is 7. The Bertz CT molecular complexity index is 512. The number of hydrogen-bond donors (Lipinski definition) is 1. The second kappa shape index (κ2) is 6.31. The fraction of sp³-hybridized carbons (Fsp3) is 0.467. The molecule has 0 saturated heterocycles. The van der Waals surface area contributed by atoms with E-state index in [1.54, 1.807) is 17.8 Å². The van der Waals surface area contributed by atoms with Crippen LogP contribution in [-0.4, -0.2) is 24.7 Å². The predicted molar refractivity (Wildman–Crippen MR) is 79.4 cm³/mol. The molecule has 0 aromatic heterocycles. The van der Waals surface area contributed by atoms with Gasteiger partial charge in [0, 0.05) is 11.3 Å². The Kier molecular flexibility index (Phi) is 4.70. The van der Waals surface area contributed by atoms with Crippen LogP contribution in [0.2, 0.25) is 0 Å². The predicted octanol–water partition coefficient (Wildman–Crippen LogP) is 2.36. The van der Waals surface area contributed by atoms with Gasteiger partial charge in [0.2, 0.25) is 5.91 Å². The van der Waals surface area contributed by atoms with E-state index < -0.39 is 5.91 Å². The van der Waals surface area contributed by atoms with Gasteiger partial charge in [-0.1, -0.05) is 12.1 Å². The third-order valence-corrected chi connectivity index (χ3v) is 4.95. The van der Waals surface area contributed by atoms with Gasteiger partial charge in [-0.05, 0) is 41.7 Å². The molecule has 0 radical (unpaired) electrons. The molecule has 1 aliphatic carbocycles. The molecule has 1 aliphatic rings. The normalized spacial score (nSPS) is 15.7. The Balaban J connectivity index is 1.83. The van der Waals surface area contributed by atoms with Crippen molar-refractivity contribution in [2.24, 2.45) is 11.1 Å². The van der Waals surface area contributed by atoms with Crippen LogP contribution in [0.15, 0.2) is 24.3 Å². The maximum atomic E-state index is 11.3. The smallest absolute Gasteiger partial charge is 0.306 e. The van der Waals surface area contributed by atoms with Gasteiger partial charge in [0.1, 0.15) is 0 Å². The number of benzene rings is 1. The number of thioether (sulfide) groups is 1. The Hall–Kier alpha value is -1.49. The zero-order valence-corrected chi connectivity index (χ0v) is 12.4. The molecule has 1 amide bonds. The third kappa shape index (κ3) is 4.00. The number of carbonyl (C=O) groups excluding carboxylic acids is 2. The summed E-state index contributed by atoms with van der Waals surface area (Å²) in [7, 11) is 1.43. The Morgan fingerprint density at radius 3 is 2.75 bits per heavy atom. The fourth-order valence-corrected chi connectivity index (χ4v) is 3.47. The molecule has 0 spiro atoms. The largest absolute Gasteiger partial charge is 0.469 e. The molecule has 0 heterocycles. The van der Waals surface area contributed by atoms with Gasteiger partial charge in [-0.3, -0.25) is 9.59 Å². The molecule has 4 nitrogen and oxygen atoms in total. The first-order valence-corrected chi connectivity index (χ1v) is 7.73. The lowest BCUT2D eigenvalue weighted by molar-refractivity contribution is -0.141. The first-order valence-electron chi connectivity index (χ1n) is 6.58. The van der Waals surface area contributed by atoms with Gasteiger partial charge in [0.05, 0.1) is 13.5 Å². The summed E-state index contributed by atoms with van der Waals surface area (Å²) in [4.78, 5) is 22.5. The second-order valence-electron chi connectivity index (χ2n) is 5.31. The number of ether oxygens (including phenoxy) is 1. The van der Waals surface area contributed by atoms with Crippen LogP contribution in [0.4, 0.5) is 0 Å². The van der Waals surface area contributed by atoms with Gasteiger partial charge in [0.15, 0.2) is 0 Å². The van der Waals surface area contributed by atoms with Gasteiger partial charge in [-0.2, -0.15) is 11.8 Å². The fourth-order valence-electron chi connectivity index (χ4n) is 2.13. The van der Waals surface area contributed by atoms with Crippen molar-refractivity contribution in [1.82, 2.24) is 0 Å². The zero-order valence-electron chi connectivity index (χ0n) is 11.6. The molecule has 2 rings (SSSR count). The van der Waals surface area contributed by atoms with Gasteiger partial charge < -0.3 is 10.5 Å². The maximum Gasteiger partial charge on any atom is 0.306 e. The Labute approximate surface area is 123 Å². The van der Waals surface area contributed by atoms with Crippen LogP contribution in [0.5, 0.6) is 0 Å². The Morgan fingerprint density at radius 2 is 2.15 bits per heavy atom. The summed E-state index contributed by atoms with van der Waals surface area (Å²) in [6.45, 7) is 0. The topological polar surface area (TPSA) is 69.4 Å². The summed E-state index contributed by atoms with van der Waals surface area (Å²) in [6.07, 6.45) is 2.70. The highest BCUT2D eigenvalue weighted by Gasteiger charge is 2.44. The molecule has 1 saturated carbocycles. The highest BCUT2D eigenvalue weighted by atomic mass is 32.2. The molecule has 5 heteroatoms. The minimum absolute atomic E-state index is 0.126. The Morgan fingerprint density at radius 1 is 1.40 bits per heavy atom. The molecule has 2 N–H and O–H groups in total. The summed E-state index contributed by atoms with van der Waals surface area (Å²) in [5, 5.41) is 0. The number of carbonyl (C=O) groups is 2. The van der Waals surface area contributed by atoms with Crippen LogP contribution in [0.1, 0.15) is 35.2 Å². The summed E-state index contributed by atoms with van der Waals surface area (Å²) >= 11 is 1.79. The molecule has 0 aliphatic heterocycles. The molecule has 0 unspecified atom stereocenters. The zero-order chi connectivity index (χ0) is 14.6. The van der Waals surface area contributed by atoms with Crippen LogP contribution in [0.3, 0.4) is 0 Å². The number of amides is 1. The van der Waals surface area contributed by atoms with E-state index in [9.17, 15) is 9.59 Å². The molecule has 20 heavy (non-hydrogen) atoms. The average molecular weight is 293 g/mol. The number of esters is 1. The van der Waals surface area contributed by atoms with Crippen LogP contribution < -0.4 is 5.73 Å². The van der Waals surface area contributed by atoms with E-state index in [4.69, 9.17) is 10.5 Å². The van der Waals surface area contributed by atoms with Crippen molar-refractivity contribution in [2.75, 3.05) is 12.9 Å². The monoisotopic (exact) mass is 293 g/mol. The first-order chi connectivity index (χ1) is 9.54. The summed E-state index contributed by atoms with van der Waals surface area (Å²) in [5.41, 5.74) is 7.03. The van der Waals surface area contributed by atoms with Crippen LogP contribution in [-0.2, 0) is 15.3 Å². The van der Waals surface area contributed by atoms with E-state index in [0.29, 0.717) is 12.0 Å². The van der Waals surface area contributed by atoms with E-state index in [0.717, 1.165) is 29.9 Å². The van der Waals surface area contributed by atoms with E-state index in [1.165, 1.54) is 7.11 Å². The number of methoxy groups -OCH3 is 1. The van der Waals surface area contributed by atoms with Gasteiger partial charge in [0.25, 0.3) is 0 Å². The lowest BCUT2D eigenvalue weighted by atomic mass is 10.1. The quantitative estimate of drug-likeness (QED) is 0.784. The standard InChI is InChI=1S/C15H19NO3S/c1-19-13(17)8-15(5-6-15)10-20-9-11-3-2-4-12(7-11)14(16)18/h2-4,7H,5-6,8-10H2,1H3,(H2,16,18). The number of nitrogens with two attached hydrogens (primary N) is 1. The lowest BCUT2D eigenvalue weighted by Crippen LogP contribution is -2.13. The van der Waals surface area contributed by atoms with Crippen LogP contribution >= 0.6 is 11.8 Å². The molecule has 1 fully saturated rings. The average Bonchev–Trinajstić information content (AvgIpc) is 3.18. The van der Waals surface area contributed by atoms with Crippen LogP contribution in [0, 0.1) is 5.41 Å². The molecule has 108 valence electrons. The lowest BCUT2D eigenvalue weighted by Gasteiger charge is -2.13.